The van der Waals surface area contributed by atoms with E-state index in [0.717, 1.165) is 11.1 Å². The molecule has 0 spiro atoms. The molecule has 2 amide bonds. The van der Waals surface area contributed by atoms with Crippen molar-refractivity contribution in [2.24, 2.45) is 0 Å². The molecule has 1 aliphatic heterocycles. The van der Waals surface area contributed by atoms with Crippen molar-refractivity contribution in [2.45, 2.75) is 26.9 Å². The van der Waals surface area contributed by atoms with Crippen LogP contribution in [0.25, 0.3) is 0 Å². The monoisotopic (exact) mass is 400 g/mol. The van der Waals surface area contributed by atoms with E-state index >= 15 is 0 Å². The summed E-state index contributed by atoms with van der Waals surface area (Å²) < 4.78 is 22.0. The second kappa shape index (κ2) is 8.72. The van der Waals surface area contributed by atoms with Crippen molar-refractivity contribution in [1.29, 1.82) is 0 Å². The van der Waals surface area contributed by atoms with Gasteiger partial charge in [-0.05, 0) is 50.1 Å². The summed E-state index contributed by atoms with van der Waals surface area (Å²) in [6, 6.07) is 8.68. The number of hydrogen-bond donors (Lipinski definition) is 2. The van der Waals surface area contributed by atoms with Gasteiger partial charge >= 0.3 is 0 Å². The van der Waals surface area contributed by atoms with Gasteiger partial charge in [0.25, 0.3) is 11.8 Å². The molecule has 8 nitrogen and oxygen atoms in total. The zero-order valence-electron chi connectivity index (χ0n) is 16.8. The van der Waals surface area contributed by atoms with Crippen molar-refractivity contribution in [3.63, 3.8) is 0 Å². The number of carbonyl (C=O) groups excluding carboxylic acids is 2. The minimum atomic E-state index is -0.800. The number of carbonyl (C=O) groups is 2. The molecule has 154 valence electrons. The average Bonchev–Trinajstić information content (AvgIpc) is 2.74. The number of benzene rings is 2. The first kappa shape index (κ1) is 20.3. The van der Waals surface area contributed by atoms with E-state index in [1.54, 1.807) is 13.0 Å². The molecule has 1 aliphatic rings. The molecule has 8 heteroatoms. The summed E-state index contributed by atoms with van der Waals surface area (Å²) in [5.74, 6) is 0.866. The average molecular weight is 400 g/mol. The second-order valence-electron chi connectivity index (χ2n) is 6.60. The lowest BCUT2D eigenvalue weighted by atomic mass is 10.1. The van der Waals surface area contributed by atoms with Crippen LogP contribution in [0.15, 0.2) is 30.3 Å². The Labute approximate surface area is 169 Å². The van der Waals surface area contributed by atoms with Gasteiger partial charge < -0.3 is 18.9 Å². The SMILES string of the molecule is COc1cc(C(=O)NNC(=O)C(C)Oc2cccc(C)c2C)cc2c1OCCO2. The van der Waals surface area contributed by atoms with Gasteiger partial charge in [-0.3, -0.25) is 20.4 Å². The van der Waals surface area contributed by atoms with E-state index in [1.807, 2.05) is 26.0 Å². The summed E-state index contributed by atoms with van der Waals surface area (Å²) in [5.41, 5.74) is 7.04. The van der Waals surface area contributed by atoms with Gasteiger partial charge in [-0.2, -0.15) is 0 Å². The molecule has 29 heavy (non-hydrogen) atoms. The van der Waals surface area contributed by atoms with Crippen LogP contribution in [0.1, 0.15) is 28.4 Å². The molecule has 2 N–H and O–H groups in total. The topological polar surface area (TPSA) is 95.1 Å². The minimum absolute atomic E-state index is 0.259. The standard InChI is InChI=1S/C21H24N2O6/c1-12-6-5-7-16(13(12)2)29-14(3)20(24)22-23-21(25)15-10-17(26-4)19-18(11-15)27-8-9-28-19/h5-7,10-11,14H,8-9H2,1-4H3,(H,22,24)(H,23,25). The Bertz CT molecular complexity index is 910. The first-order valence-electron chi connectivity index (χ1n) is 9.21. The van der Waals surface area contributed by atoms with Gasteiger partial charge in [0.2, 0.25) is 5.75 Å². The highest BCUT2D eigenvalue weighted by atomic mass is 16.6. The first-order valence-corrected chi connectivity index (χ1v) is 9.21. The maximum atomic E-state index is 12.5. The number of fused-ring (bicyclic) bond motifs is 1. The molecule has 0 fully saturated rings. The van der Waals surface area contributed by atoms with Crippen LogP contribution in [0.3, 0.4) is 0 Å². The predicted molar refractivity (Wildman–Crippen MR) is 106 cm³/mol. The van der Waals surface area contributed by atoms with Crippen molar-refractivity contribution in [1.82, 2.24) is 10.9 Å². The second-order valence-corrected chi connectivity index (χ2v) is 6.60. The van der Waals surface area contributed by atoms with Gasteiger partial charge in [-0.15, -0.1) is 0 Å². The summed E-state index contributed by atoms with van der Waals surface area (Å²) in [5, 5.41) is 0. The molecule has 0 saturated carbocycles. The fourth-order valence-corrected chi connectivity index (χ4v) is 2.79. The van der Waals surface area contributed by atoms with Crippen LogP contribution < -0.4 is 29.8 Å². The van der Waals surface area contributed by atoms with Gasteiger partial charge in [0, 0.05) is 5.56 Å². The van der Waals surface area contributed by atoms with Crippen molar-refractivity contribution < 1.29 is 28.5 Å². The molecule has 0 aromatic heterocycles. The number of methoxy groups -OCH3 is 1. The van der Waals surface area contributed by atoms with Crippen LogP contribution >= 0.6 is 0 Å². The number of aryl methyl sites for hydroxylation is 1. The van der Waals surface area contributed by atoms with Crippen LogP contribution in [0.5, 0.6) is 23.0 Å². The van der Waals surface area contributed by atoms with E-state index in [4.69, 9.17) is 18.9 Å². The Hall–Kier alpha value is -3.42. The third kappa shape index (κ3) is 4.53. The third-order valence-electron chi connectivity index (χ3n) is 4.62. The largest absolute Gasteiger partial charge is 0.493 e. The molecule has 0 aliphatic carbocycles. The van der Waals surface area contributed by atoms with Crippen molar-refractivity contribution >= 4 is 11.8 Å². The molecular weight excluding hydrogens is 376 g/mol. The lowest BCUT2D eigenvalue weighted by Gasteiger charge is -2.21. The van der Waals surface area contributed by atoms with E-state index in [9.17, 15) is 9.59 Å². The number of ether oxygens (including phenoxy) is 4. The fourth-order valence-electron chi connectivity index (χ4n) is 2.79. The van der Waals surface area contributed by atoms with E-state index in [1.165, 1.54) is 19.2 Å². The number of hydrazine groups is 1. The Morgan fingerprint density at radius 3 is 2.59 bits per heavy atom. The smallest absolute Gasteiger partial charge is 0.279 e. The van der Waals surface area contributed by atoms with Crippen LogP contribution in [-0.4, -0.2) is 38.2 Å². The maximum absolute atomic E-state index is 12.5. The molecule has 1 heterocycles. The number of hydrogen-bond acceptors (Lipinski definition) is 6. The van der Waals surface area contributed by atoms with E-state index < -0.39 is 17.9 Å². The molecule has 2 aromatic rings. The van der Waals surface area contributed by atoms with E-state index in [2.05, 4.69) is 10.9 Å². The van der Waals surface area contributed by atoms with E-state index in [0.29, 0.717) is 36.2 Å². The molecule has 0 saturated heterocycles. The summed E-state index contributed by atoms with van der Waals surface area (Å²) >= 11 is 0. The van der Waals surface area contributed by atoms with Crippen molar-refractivity contribution in [3.8, 4) is 23.0 Å². The summed E-state index contributed by atoms with van der Waals surface area (Å²) in [7, 11) is 1.48. The van der Waals surface area contributed by atoms with Gasteiger partial charge in [-0.25, -0.2) is 0 Å². The van der Waals surface area contributed by atoms with Crippen LogP contribution in [0.4, 0.5) is 0 Å². The number of amides is 2. The normalized spacial score (nSPS) is 13.2. The van der Waals surface area contributed by atoms with Crippen molar-refractivity contribution in [3.05, 3.63) is 47.0 Å². The number of nitrogens with one attached hydrogen (secondary N) is 2. The van der Waals surface area contributed by atoms with Crippen LogP contribution in [0.2, 0.25) is 0 Å². The quantitative estimate of drug-likeness (QED) is 0.748. The molecule has 0 bridgehead atoms. The van der Waals surface area contributed by atoms with Crippen LogP contribution in [0, 0.1) is 13.8 Å². The van der Waals surface area contributed by atoms with Crippen molar-refractivity contribution in [2.75, 3.05) is 20.3 Å². The lowest BCUT2D eigenvalue weighted by Crippen LogP contribution is -2.47. The number of rotatable bonds is 5. The molecular formula is C21H24N2O6. The Morgan fingerprint density at radius 1 is 1.07 bits per heavy atom. The summed E-state index contributed by atoms with van der Waals surface area (Å²) in [4.78, 5) is 24.8. The first-order chi connectivity index (χ1) is 13.9. The third-order valence-corrected chi connectivity index (χ3v) is 4.62. The lowest BCUT2D eigenvalue weighted by molar-refractivity contribution is -0.128. The predicted octanol–water partition coefficient (Wildman–Crippen LogP) is 2.31. The Morgan fingerprint density at radius 2 is 1.83 bits per heavy atom. The van der Waals surface area contributed by atoms with Gasteiger partial charge in [0.15, 0.2) is 17.6 Å². The molecule has 2 aromatic carbocycles. The molecule has 1 unspecified atom stereocenters. The van der Waals surface area contributed by atoms with Gasteiger partial charge in [0.1, 0.15) is 19.0 Å². The van der Waals surface area contributed by atoms with Gasteiger partial charge in [-0.1, -0.05) is 12.1 Å². The molecule has 0 radical (unpaired) electrons. The highest BCUT2D eigenvalue weighted by Crippen LogP contribution is 2.40. The highest BCUT2D eigenvalue weighted by molar-refractivity contribution is 5.97. The minimum Gasteiger partial charge on any atom is -0.493 e. The Balaban J connectivity index is 1.62. The fraction of sp³-hybridized carbons (Fsp3) is 0.333. The van der Waals surface area contributed by atoms with E-state index in [-0.39, 0.29) is 5.56 Å². The molecule has 1 atom stereocenters. The highest BCUT2D eigenvalue weighted by Gasteiger charge is 2.22. The summed E-state index contributed by atoms with van der Waals surface area (Å²) in [6.45, 7) is 6.28. The maximum Gasteiger partial charge on any atom is 0.279 e. The summed E-state index contributed by atoms with van der Waals surface area (Å²) in [6.07, 6.45) is -0.800. The van der Waals surface area contributed by atoms with Gasteiger partial charge in [0.05, 0.1) is 7.11 Å². The zero-order chi connectivity index (χ0) is 21.0. The van der Waals surface area contributed by atoms with Crippen LogP contribution in [-0.2, 0) is 4.79 Å². The zero-order valence-corrected chi connectivity index (χ0v) is 16.8. The molecule has 3 rings (SSSR count). The Kier molecular flexibility index (Phi) is 6.11.